The van der Waals surface area contributed by atoms with Gasteiger partial charge in [-0.3, -0.25) is 0 Å². The third kappa shape index (κ3) is 5.20. The summed E-state index contributed by atoms with van der Waals surface area (Å²) < 4.78 is 30.0. The first kappa shape index (κ1) is 12.8. The van der Waals surface area contributed by atoms with E-state index in [-0.39, 0.29) is 0 Å². The molecule has 0 aromatic rings. The summed E-state index contributed by atoms with van der Waals surface area (Å²) in [5.74, 6) is 0. The molecule has 13 heavy (non-hydrogen) atoms. The van der Waals surface area contributed by atoms with Crippen LogP contribution in [0.2, 0.25) is 0 Å². The molecule has 0 bridgehead atoms. The summed E-state index contributed by atoms with van der Waals surface area (Å²) in [6.07, 6.45) is 0. The number of rotatable bonds is 7. The first-order chi connectivity index (χ1) is 6.04. The van der Waals surface area contributed by atoms with Gasteiger partial charge in [0.15, 0.2) is 0 Å². The molecule has 0 aromatic heterocycles. The van der Waals surface area contributed by atoms with Crippen molar-refractivity contribution in [1.29, 1.82) is 0 Å². The maximum atomic E-state index is 11.4. The van der Waals surface area contributed by atoms with Crippen molar-refractivity contribution in [3.8, 4) is 0 Å². The van der Waals surface area contributed by atoms with Gasteiger partial charge in [-0.05, 0) is 14.0 Å². The van der Waals surface area contributed by atoms with Gasteiger partial charge >= 0.3 is 0 Å². The summed E-state index contributed by atoms with van der Waals surface area (Å²) >= 11 is 0. The van der Waals surface area contributed by atoms with Crippen LogP contribution in [0.15, 0.2) is 0 Å². The molecular formula is C7H18N2O3S. The van der Waals surface area contributed by atoms with Crippen LogP contribution in [0.1, 0.15) is 6.92 Å². The molecule has 6 heteroatoms. The van der Waals surface area contributed by atoms with Crippen LogP contribution in [0.3, 0.4) is 0 Å². The van der Waals surface area contributed by atoms with E-state index in [4.69, 9.17) is 4.74 Å². The van der Waals surface area contributed by atoms with Crippen LogP contribution in [-0.4, -0.2) is 47.5 Å². The summed E-state index contributed by atoms with van der Waals surface area (Å²) in [6, 6.07) is 0. The van der Waals surface area contributed by atoms with E-state index >= 15 is 0 Å². The maximum absolute atomic E-state index is 11.4. The molecule has 1 atom stereocenters. The van der Waals surface area contributed by atoms with E-state index in [1.807, 2.05) is 0 Å². The SMILES string of the molecule is CNCC(C)S(=O)(=O)NCCOC. The zero-order chi connectivity index (χ0) is 10.3. The molecule has 0 heterocycles. The van der Waals surface area contributed by atoms with Gasteiger partial charge in [0.25, 0.3) is 0 Å². The van der Waals surface area contributed by atoms with Crippen LogP contribution in [0.5, 0.6) is 0 Å². The van der Waals surface area contributed by atoms with Crippen LogP contribution < -0.4 is 10.0 Å². The van der Waals surface area contributed by atoms with Crippen molar-refractivity contribution in [3.05, 3.63) is 0 Å². The lowest BCUT2D eigenvalue weighted by atomic mass is 10.5. The summed E-state index contributed by atoms with van der Waals surface area (Å²) in [5, 5.41) is 2.39. The predicted molar refractivity (Wildman–Crippen MR) is 52.2 cm³/mol. The lowest BCUT2D eigenvalue weighted by molar-refractivity contribution is 0.204. The van der Waals surface area contributed by atoms with Crippen molar-refractivity contribution in [2.24, 2.45) is 0 Å². The van der Waals surface area contributed by atoms with Crippen LogP contribution in [0, 0.1) is 0 Å². The molecule has 2 N–H and O–H groups in total. The lowest BCUT2D eigenvalue weighted by Crippen LogP contribution is -2.39. The molecule has 0 aliphatic rings. The largest absolute Gasteiger partial charge is 0.383 e. The van der Waals surface area contributed by atoms with Crippen molar-refractivity contribution in [3.63, 3.8) is 0 Å². The Morgan fingerprint density at radius 1 is 1.46 bits per heavy atom. The molecule has 0 spiro atoms. The third-order valence-corrected chi connectivity index (χ3v) is 3.46. The Bertz CT molecular complexity index is 216. The van der Waals surface area contributed by atoms with Gasteiger partial charge in [-0.1, -0.05) is 0 Å². The Morgan fingerprint density at radius 2 is 2.08 bits per heavy atom. The molecule has 0 saturated heterocycles. The molecule has 0 aliphatic heterocycles. The zero-order valence-corrected chi connectivity index (χ0v) is 9.15. The highest BCUT2D eigenvalue weighted by Crippen LogP contribution is 1.95. The highest BCUT2D eigenvalue weighted by Gasteiger charge is 2.18. The molecule has 0 amide bonds. The minimum absolute atomic E-state index is 0.326. The zero-order valence-electron chi connectivity index (χ0n) is 8.33. The first-order valence-corrected chi connectivity index (χ1v) is 5.71. The van der Waals surface area contributed by atoms with E-state index in [0.29, 0.717) is 19.7 Å². The Hall–Kier alpha value is -0.170. The Labute approximate surface area is 79.9 Å². The summed E-state index contributed by atoms with van der Waals surface area (Å²) in [7, 11) is 0.0693. The van der Waals surface area contributed by atoms with E-state index < -0.39 is 15.3 Å². The van der Waals surface area contributed by atoms with Gasteiger partial charge in [0, 0.05) is 20.2 Å². The quantitative estimate of drug-likeness (QED) is 0.538. The molecular weight excluding hydrogens is 192 g/mol. The normalized spacial score (nSPS) is 14.4. The molecule has 0 aliphatic carbocycles. The van der Waals surface area contributed by atoms with Crippen molar-refractivity contribution >= 4 is 10.0 Å². The summed E-state index contributed by atoms with van der Waals surface area (Å²) in [5.41, 5.74) is 0. The van der Waals surface area contributed by atoms with Crippen molar-refractivity contribution < 1.29 is 13.2 Å². The number of hydrogen-bond donors (Lipinski definition) is 2. The van der Waals surface area contributed by atoms with E-state index in [2.05, 4.69) is 10.0 Å². The number of methoxy groups -OCH3 is 1. The van der Waals surface area contributed by atoms with Gasteiger partial charge in [-0.15, -0.1) is 0 Å². The van der Waals surface area contributed by atoms with Gasteiger partial charge in [0.05, 0.1) is 11.9 Å². The average molecular weight is 210 g/mol. The number of hydrogen-bond acceptors (Lipinski definition) is 4. The fraction of sp³-hybridized carbons (Fsp3) is 1.00. The average Bonchev–Trinajstić information content (AvgIpc) is 2.05. The molecule has 0 saturated carbocycles. The second-order valence-electron chi connectivity index (χ2n) is 2.80. The number of nitrogens with one attached hydrogen (secondary N) is 2. The fourth-order valence-corrected chi connectivity index (χ4v) is 1.86. The molecule has 1 unspecified atom stereocenters. The molecule has 5 nitrogen and oxygen atoms in total. The standard InChI is InChI=1S/C7H18N2O3S/c1-7(6-8-2)13(10,11)9-4-5-12-3/h7-9H,4-6H2,1-3H3. The van der Waals surface area contributed by atoms with Gasteiger partial charge in [0.1, 0.15) is 0 Å². The minimum atomic E-state index is -3.19. The molecule has 0 aromatic carbocycles. The van der Waals surface area contributed by atoms with Gasteiger partial charge in [-0.2, -0.15) is 0 Å². The second kappa shape index (κ2) is 6.31. The van der Waals surface area contributed by atoms with Crippen molar-refractivity contribution in [2.45, 2.75) is 12.2 Å². The lowest BCUT2D eigenvalue weighted by Gasteiger charge is -2.12. The fourth-order valence-electron chi connectivity index (χ4n) is 0.825. The van der Waals surface area contributed by atoms with E-state index in [0.717, 1.165) is 0 Å². The van der Waals surface area contributed by atoms with E-state index in [1.165, 1.54) is 7.11 Å². The van der Waals surface area contributed by atoms with Crippen LogP contribution in [0.4, 0.5) is 0 Å². The molecule has 80 valence electrons. The summed E-state index contributed by atoms with van der Waals surface area (Å²) in [6.45, 7) is 2.83. The topological polar surface area (TPSA) is 67.4 Å². The second-order valence-corrected chi connectivity index (χ2v) is 4.98. The van der Waals surface area contributed by atoms with Crippen LogP contribution in [0.25, 0.3) is 0 Å². The van der Waals surface area contributed by atoms with Gasteiger partial charge in [-0.25, -0.2) is 13.1 Å². The molecule has 0 radical (unpaired) electrons. The van der Waals surface area contributed by atoms with Crippen molar-refractivity contribution in [1.82, 2.24) is 10.0 Å². The number of sulfonamides is 1. The highest BCUT2D eigenvalue weighted by atomic mass is 32.2. The van der Waals surface area contributed by atoms with Crippen LogP contribution in [-0.2, 0) is 14.8 Å². The minimum Gasteiger partial charge on any atom is -0.383 e. The molecule has 0 fully saturated rings. The van der Waals surface area contributed by atoms with E-state index in [1.54, 1.807) is 14.0 Å². The Kier molecular flexibility index (Phi) is 6.23. The maximum Gasteiger partial charge on any atom is 0.215 e. The monoisotopic (exact) mass is 210 g/mol. The first-order valence-electron chi connectivity index (χ1n) is 4.16. The van der Waals surface area contributed by atoms with Crippen LogP contribution >= 0.6 is 0 Å². The van der Waals surface area contributed by atoms with E-state index in [9.17, 15) is 8.42 Å². The number of ether oxygens (including phenoxy) is 1. The highest BCUT2D eigenvalue weighted by molar-refractivity contribution is 7.90. The van der Waals surface area contributed by atoms with Gasteiger partial charge in [0.2, 0.25) is 10.0 Å². The Balaban J connectivity index is 3.92. The third-order valence-electron chi connectivity index (χ3n) is 1.63. The predicted octanol–water partition coefficient (Wildman–Crippen LogP) is -0.840. The Morgan fingerprint density at radius 3 is 2.54 bits per heavy atom. The van der Waals surface area contributed by atoms with Crippen molar-refractivity contribution in [2.75, 3.05) is 33.9 Å². The smallest absolute Gasteiger partial charge is 0.215 e. The summed E-state index contributed by atoms with van der Waals surface area (Å²) in [4.78, 5) is 0. The molecule has 0 rings (SSSR count). The van der Waals surface area contributed by atoms with Gasteiger partial charge < -0.3 is 10.1 Å².